The molecule has 0 saturated heterocycles. The average Bonchev–Trinajstić information content (AvgIpc) is 3.01. The van der Waals surface area contributed by atoms with Crippen LogP contribution in [-0.2, 0) is 9.47 Å². The van der Waals surface area contributed by atoms with Gasteiger partial charge in [0, 0.05) is 22.9 Å². The number of guanidine groups is 1. The Labute approximate surface area is 225 Å². The Balaban J connectivity index is 3.43. The Kier molecular flexibility index (Phi) is 12.3. The van der Waals surface area contributed by atoms with Gasteiger partial charge in [0.1, 0.15) is 11.2 Å². The predicted molar refractivity (Wildman–Crippen MR) is 139 cm³/mol. The number of nitrogens with one attached hydrogen (secondary N) is 2. The highest BCUT2D eigenvalue weighted by Crippen LogP contribution is 2.43. The summed E-state index contributed by atoms with van der Waals surface area (Å²) >= 11 is 12.6. The van der Waals surface area contributed by atoms with Crippen molar-refractivity contribution < 1.29 is 24.2 Å². The highest BCUT2D eigenvalue weighted by Gasteiger charge is 2.43. The summed E-state index contributed by atoms with van der Waals surface area (Å²) in [6.45, 7) is 9.69. The van der Waals surface area contributed by atoms with Gasteiger partial charge in [-0.3, -0.25) is 10.6 Å². The molecule has 14 nitrogen and oxygen atoms in total. The fraction of sp³-hybridized carbons (Fsp3) is 0.762. The lowest BCUT2D eigenvalue weighted by Gasteiger charge is -2.23. The number of hydrogen-bond acceptors (Lipinski definition) is 8. The van der Waals surface area contributed by atoms with E-state index in [9.17, 15) is 14.7 Å². The van der Waals surface area contributed by atoms with Gasteiger partial charge >= 0.3 is 12.2 Å². The highest BCUT2D eigenvalue weighted by atomic mass is 35.5. The lowest BCUT2D eigenvalue weighted by molar-refractivity contribution is 0.0545. The third-order valence-corrected chi connectivity index (χ3v) is 5.72. The number of halogens is 2. The zero-order chi connectivity index (χ0) is 28.4. The minimum atomic E-state index is -1.16. The summed E-state index contributed by atoms with van der Waals surface area (Å²) in [5, 5.41) is 21.8. The van der Waals surface area contributed by atoms with Crippen LogP contribution >= 0.6 is 23.2 Å². The summed E-state index contributed by atoms with van der Waals surface area (Å²) in [7, 11) is 0. The van der Waals surface area contributed by atoms with Crippen molar-refractivity contribution >= 4 is 41.3 Å². The van der Waals surface area contributed by atoms with Crippen molar-refractivity contribution in [1.82, 2.24) is 10.6 Å². The molecule has 0 aromatic heterocycles. The summed E-state index contributed by atoms with van der Waals surface area (Å²) in [5.74, 6) is -1.58. The quantitative estimate of drug-likeness (QED) is 0.0725. The first-order valence-corrected chi connectivity index (χ1v) is 12.3. The molecule has 1 aliphatic carbocycles. The number of carbonyl (C=O) groups is 2. The van der Waals surface area contributed by atoms with Crippen LogP contribution < -0.4 is 10.6 Å². The van der Waals surface area contributed by atoms with Crippen LogP contribution in [-0.4, -0.2) is 71.4 Å². The molecule has 2 amide bonds. The van der Waals surface area contributed by atoms with E-state index < -0.39 is 46.7 Å². The number of azide groups is 2. The second-order valence-electron chi connectivity index (χ2n) is 10.1. The van der Waals surface area contributed by atoms with E-state index in [0.29, 0.717) is 11.1 Å². The van der Waals surface area contributed by atoms with Gasteiger partial charge < -0.3 is 14.6 Å². The number of aliphatic hydroxyl groups is 1. The number of aliphatic hydroxyl groups excluding tert-OH is 1. The SMILES string of the molecule is CC(C)(C)OC(=O)NC(=NCC1=C(C(O)CCl)[C@H](CN=[N+]=[N-])[C@@H](CN=[N+]=[N-])[C@@H]1Cl)NC(=O)OC(C)(C)C. The van der Waals surface area contributed by atoms with Gasteiger partial charge in [0.2, 0.25) is 5.96 Å². The Morgan fingerprint density at radius 3 is 1.95 bits per heavy atom. The van der Waals surface area contributed by atoms with Gasteiger partial charge in [-0.2, -0.15) is 0 Å². The van der Waals surface area contributed by atoms with Crippen LogP contribution in [0.15, 0.2) is 26.4 Å². The fourth-order valence-corrected chi connectivity index (χ4v) is 4.21. The smallest absolute Gasteiger partial charge is 0.414 e. The van der Waals surface area contributed by atoms with Crippen molar-refractivity contribution in [2.75, 3.05) is 25.5 Å². The molecule has 1 rings (SSSR count). The minimum absolute atomic E-state index is 0.0405. The van der Waals surface area contributed by atoms with E-state index in [1.807, 2.05) is 0 Å². The van der Waals surface area contributed by atoms with Crippen LogP contribution in [0.2, 0.25) is 0 Å². The zero-order valence-corrected chi connectivity index (χ0v) is 23.1. The Hall–Kier alpha value is -2.89. The van der Waals surface area contributed by atoms with Gasteiger partial charge in [-0.25, -0.2) is 14.6 Å². The maximum atomic E-state index is 12.4. The summed E-state index contributed by atoms with van der Waals surface area (Å²) in [6, 6.07) is 0. The number of alkyl halides is 2. The molecule has 0 bridgehead atoms. The van der Waals surface area contributed by atoms with Crippen molar-refractivity contribution in [3.8, 4) is 0 Å². The molecule has 1 unspecified atom stereocenters. The van der Waals surface area contributed by atoms with Gasteiger partial charge in [0.05, 0.1) is 23.9 Å². The first-order valence-electron chi connectivity index (χ1n) is 11.3. The molecule has 0 aromatic rings. The molecule has 1 aliphatic rings. The standard InChI is InChI=1S/C21H33Cl2N9O5/c1-20(2,3)36-18(34)29-17(30-19(35)37-21(4,5)6)26-8-13-15(14(33)7-22)11(9-27-31-24)12(16(13)23)10-28-32-25/h11-12,14,16,33H,7-10H2,1-6H3,(H2,26,29,30,34,35)/t11-,12-,14?,16+/m1/s1. The number of ether oxygens (including phenoxy) is 2. The van der Waals surface area contributed by atoms with Crippen LogP contribution in [0.1, 0.15) is 41.5 Å². The maximum absolute atomic E-state index is 12.4. The average molecular weight is 562 g/mol. The van der Waals surface area contributed by atoms with Crippen molar-refractivity contribution in [3.63, 3.8) is 0 Å². The van der Waals surface area contributed by atoms with E-state index in [1.165, 1.54) is 0 Å². The molecule has 206 valence electrons. The molecule has 0 radical (unpaired) electrons. The monoisotopic (exact) mass is 561 g/mol. The number of aliphatic imine (C=N–C) groups is 1. The van der Waals surface area contributed by atoms with E-state index in [2.05, 4.69) is 35.7 Å². The fourth-order valence-electron chi connectivity index (χ4n) is 3.60. The molecule has 37 heavy (non-hydrogen) atoms. The third kappa shape index (κ3) is 10.9. The highest BCUT2D eigenvalue weighted by molar-refractivity contribution is 6.23. The van der Waals surface area contributed by atoms with Crippen molar-refractivity contribution in [1.29, 1.82) is 0 Å². The Morgan fingerprint density at radius 2 is 1.51 bits per heavy atom. The van der Waals surface area contributed by atoms with Gasteiger partial charge in [0.15, 0.2) is 0 Å². The second kappa shape index (κ2) is 14.2. The molecule has 0 heterocycles. The number of rotatable bonds is 8. The van der Waals surface area contributed by atoms with E-state index in [4.69, 9.17) is 43.7 Å². The Morgan fingerprint density at radius 1 is 1.03 bits per heavy atom. The molecule has 0 saturated carbocycles. The summed E-state index contributed by atoms with van der Waals surface area (Å²) in [6.07, 6.45) is -2.92. The van der Waals surface area contributed by atoms with Crippen molar-refractivity contribution in [3.05, 3.63) is 32.0 Å². The second-order valence-corrected chi connectivity index (χ2v) is 10.8. The minimum Gasteiger partial charge on any atom is -0.444 e. The van der Waals surface area contributed by atoms with Crippen LogP contribution in [0.4, 0.5) is 9.59 Å². The van der Waals surface area contributed by atoms with E-state index in [-0.39, 0.29) is 31.5 Å². The molecular weight excluding hydrogens is 529 g/mol. The molecule has 0 aliphatic heterocycles. The van der Waals surface area contributed by atoms with Crippen LogP contribution in [0.5, 0.6) is 0 Å². The van der Waals surface area contributed by atoms with Crippen molar-refractivity contribution in [2.45, 2.75) is 64.2 Å². The molecule has 3 N–H and O–H groups in total. The van der Waals surface area contributed by atoms with Gasteiger partial charge in [-0.1, -0.05) is 10.2 Å². The number of nitrogens with zero attached hydrogens (tertiary/aromatic N) is 7. The van der Waals surface area contributed by atoms with Crippen LogP contribution in [0.3, 0.4) is 0 Å². The van der Waals surface area contributed by atoms with Crippen LogP contribution in [0, 0.1) is 11.8 Å². The lowest BCUT2D eigenvalue weighted by Crippen LogP contribution is -2.47. The first kappa shape index (κ1) is 32.1. The van der Waals surface area contributed by atoms with E-state index in [0.717, 1.165) is 0 Å². The summed E-state index contributed by atoms with van der Waals surface area (Å²) in [4.78, 5) is 34.5. The third-order valence-electron chi connectivity index (χ3n) is 4.84. The van der Waals surface area contributed by atoms with Gasteiger partial charge in [0.25, 0.3) is 0 Å². The molecule has 0 spiro atoms. The van der Waals surface area contributed by atoms with E-state index >= 15 is 0 Å². The van der Waals surface area contributed by atoms with Crippen molar-refractivity contribution in [2.24, 2.45) is 27.1 Å². The predicted octanol–water partition coefficient (Wildman–Crippen LogP) is 4.76. The van der Waals surface area contributed by atoms with Crippen LogP contribution in [0.25, 0.3) is 20.9 Å². The van der Waals surface area contributed by atoms with Gasteiger partial charge in [-0.15, -0.1) is 23.2 Å². The first-order chi connectivity index (χ1) is 17.1. The van der Waals surface area contributed by atoms with Gasteiger partial charge in [-0.05, 0) is 75.6 Å². The number of hydrogen-bond donors (Lipinski definition) is 3. The lowest BCUT2D eigenvalue weighted by atomic mass is 9.89. The largest absolute Gasteiger partial charge is 0.444 e. The summed E-state index contributed by atoms with van der Waals surface area (Å²) < 4.78 is 10.5. The molecule has 0 fully saturated rings. The Bertz CT molecular complexity index is 961. The number of amides is 2. The number of alkyl carbamates (subject to hydrolysis) is 2. The summed E-state index contributed by atoms with van der Waals surface area (Å²) in [5.41, 5.74) is 16.8. The molecule has 0 aromatic carbocycles. The normalized spacial score (nSPS) is 20.2. The molecule has 16 heteroatoms. The topological polar surface area (TPSA) is 207 Å². The zero-order valence-electron chi connectivity index (χ0n) is 21.6. The number of carbonyl (C=O) groups excluding carboxylic acids is 2. The van der Waals surface area contributed by atoms with E-state index in [1.54, 1.807) is 41.5 Å². The maximum Gasteiger partial charge on any atom is 0.414 e. The molecular formula is C21H33Cl2N9O5. The molecule has 4 atom stereocenters.